The maximum Gasteiger partial charge on any atom is 0.0866 e. The van der Waals surface area contributed by atoms with Crippen LogP contribution in [0.1, 0.15) is 25.7 Å². The van der Waals surface area contributed by atoms with E-state index in [1.54, 1.807) is 7.11 Å². The third kappa shape index (κ3) is 2.63. The van der Waals surface area contributed by atoms with Gasteiger partial charge in [0, 0.05) is 7.11 Å². The zero-order chi connectivity index (χ0) is 13.0. The van der Waals surface area contributed by atoms with Gasteiger partial charge in [-0.25, -0.2) is 0 Å². The summed E-state index contributed by atoms with van der Waals surface area (Å²) in [6.45, 7) is 0.0523. The molecule has 0 aliphatic heterocycles. The molecule has 1 aromatic rings. The molecule has 2 N–H and O–H groups in total. The molecule has 18 heavy (non-hydrogen) atoms. The minimum Gasteiger partial charge on any atom is -0.394 e. The van der Waals surface area contributed by atoms with Crippen LogP contribution in [0, 0.1) is 0 Å². The molecule has 0 heterocycles. The van der Waals surface area contributed by atoms with Gasteiger partial charge in [-0.3, -0.25) is 0 Å². The number of hydrogen-bond acceptors (Lipinski definition) is 3. The largest absolute Gasteiger partial charge is 0.394 e. The molecule has 3 nitrogen and oxygen atoms in total. The molecule has 0 amide bonds. The summed E-state index contributed by atoms with van der Waals surface area (Å²) in [5.74, 6) is 0. The number of halogens is 1. The summed E-state index contributed by atoms with van der Waals surface area (Å²) < 4.78 is 5.54. The molecule has 1 aliphatic carbocycles. The molecule has 1 aliphatic rings. The van der Waals surface area contributed by atoms with Crippen molar-refractivity contribution in [3.05, 3.63) is 29.3 Å². The minimum absolute atomic E-state index is 0.0209. The quantitative estimate of drug-likeness (QED) is 0.883. The van der Waals surface area contributed by atoms with Gasteiger partial charge in [-0.15, -0.1) is 0 Å². The van der Waals surface area contributed by atoms with Crippen LogP contribution in [0.4, 0.5) is 5.69 Å². The predicted octanol–water partition coefficient (Wildman–Crippen LogP) is 3.07. The number of aliphatic hydroxyl groups is 1. The lowest BCUT2D eigenvalue weighted by Crippen LogP contribution is -2.55. The van der Waals surface area contributed by atoms with E-state index in [2.05, 4.69) is 5.32 Å². The number of rotatable bonds is 4. The Balaban J connectivity index is 2.24. The highest BCUT2D eigenvalue weighted by Gasteiger charge is 2.40. The monoisotopic (exact) mass is 269 g/mol. The van der Waals surface area contributed by atoms with E-state index in [0.29, 0.717) is 5.02 Å². The molecule has 2 rings (SSSR count). The van der Waals surface area contributed by atoms with Gasteiger partial charge in [0.1, 0.15) is 0 Å². The molecule has 4 heteroatoms. The van der Waals surface area contributed by atoms with Gasteiger partial charge in [-0.1, -0.05) is 36.6 Å². The van der Waals surface area contributed by atoms with Crippen LogP contribution in [-0.4, -0.2) is 30.5 Å². The SMILES string of the molecule is COC1CCCCC1(CO)Nc1ccccc1Cl. The molecule has 0 saturated heterocycles. The maximum atomic E-state index is 9.81. The number of methoxy groups -OCH3 is 1. The molecule has 0 spiro atoms. The van der Waals surface area contributed by atoms with E-state index in [0.717, 1.165) is 31.4 Å². The van der Waals surface area contributed by atoms with Crippen LogP contribution >= 0.6 is 11.6 Å². The molecule has 100 valence electrons. The average Bonchev–Trinajstić information content (AvgIpc) is 2.42. The summed E-state index contributed by atoms with van der Waals surface area (Å²) in [7, 11) is 1.70. The number of hydrogen-bond donors (Lipinski definition) is 2. The zero-order valence-corrected chi connectivity index (χ0v) is 11.4. The van der Waals surface area contributed by atoms with Crippen molar-refractivity contribution in [2.75, 3.05) is 19.0 Å². The lowest BCUT2D eigenvalue weighted by molar-refractivity contribution is -0.00855. The predicted molar refractivity (Wildman–Crippen MR) is 74.2 cm³/mol. The van der Waals surface area contributed by atoms with Gasteiger partial charge in [0.15, 0.2) is 0 Å². The fraction of sp³-hybridized carbons (Fsp3) is 0.571. The van der Waals surface area contributed by atoms with Crippen molar-refractivity contribution in [1.82, 2.24) is 0 Å². The summed E-state index contributed by atoms with van der Waals surface area (Å²) in [6, 6.07) is 7.61. The Morgan fingerprint density at radius 1 is 1.44 bits per heavy atom. The third-order valence-electron chi connectivity index (χ3n) is 3.78. The van der Waals surface area contributed by atoms with E-state index in [1.807, 2.05) is 24.3 Å². The number of anilines is 1. The van der Waals surface area contributed by atoms with Crippen molar-refractivity contribution in [3.8, 4) is 0 Å². The van der Waals surface area contributed by atoms with E-state index >= 15 is 0 Å². The third-order valence-corrected chi connectivity index (χ3v) is 4.11. The molecule has 0 radical (unpaired) electrons. The van der Waals surface area contributed by atoms with Crippen molar-refractivity contribution in [2.45, 2.75) is 37.3 Å². The first-order chi connectivity index (χ1) is 8.72. The molecule has 0 bridgehead atoms. The highest BCUT2D eigenvalue weighted by molar-refractivity contribution is 6.33. The Hall–Kier alpha value is -0.770. The highest BCUT2D eigenvalue weighted by Crippen LogP contribution is 2.35. The van der Waals surface area contributed by atoms with Crippen molar-refractivity contribution < 1.29 is 9.84 Å². The second-order valence-corrected chi connectivity index (χ2v) is 5.30. The van der Waals surface area contributed by atoms with E-state index in [-0.39, 0.29) is 12.7 Å². The van der Waals surface area contributed by atoms with Crippen LogP contribution in [0.3, 0.4) is 0 Å². The number of para-hydroxylation sites is 1. The van der Waals surface area contributed by atoms with E-state index in [9.17, 15) is 5.11 Å². The normalized spacial score (nSPS) is 28.1. The average molecular weight is 270 g/mol. The number of nitrogens with one attached hydrogen (secondary N) is 1. The van der Waals surface area contributed by atoms with Crippen molar-refractivity contribution in [3.63, 3.8) is 0 Å². The van der Waals surface area contributed by atoms with Crippen LogP contribution in [0.15, 0.2) is 24.3 Å². The fourth-order valence-corrected chi connectivity index (χ4v) is 2.93. The summed E-state index contributed by atoms with van der Waals surface area (Å²) in [5.41, 5.74) is 0.440. The van der Waals surface area contributed by atoms with E-state index in [1.165, 1.54) is 0 Å². The van der Waals surface area contributed by atoms with Gasteiger partial charge in [-0.2, -0.15) is 0 Å². The van der Waals surface area contributed by atoms with Gasteiger partial charge < -0.3 is 15.2 Å². The second-order valence-electron chi connectivity index (χ2n) is 4.89. The van der Waals surface area contributed by atoms with Gasteiger partial charge in [0.2, 0.25) is 0 Å². The van der Waals surface area contributed by atoms with Gasteiger partial charge in [0.25, 0.3) is 0 Å². The first kappa shape index (κ1) is 13.7. The molecule has 2 atom stereocenters. The number of ether oxygens (including phenoxy) is 1. The molecule has 0 aromatic heterocycles. The topological polar surface area (TPSA) is 41.5 Å². The van der Waals surface area contributed by atoms with Crippen LogP contribution in [0.5, 0.6) is 0 Å². The van der Waals surface area contributed by atoms with Crippen LogP contribution in [-0.2, 0) is 4.74 Å². The fourth-order valence-electron chi connectivity index (χ4n) is 2.75. The maximum absolute atomic E-state index is 9.81. The first-order valence-electron chi connectivity index (χ1n) is 6.38. The summed E-state index contributed by atoms with van der Waals surface area (Å²) >= 11 is 6.17. The van der Waals surface area contributed by atoms with Gasteiger partial charge in [0.05, 0.1) is 29.0 Å². The number of aliphatic hydroxyl groups excluding tert-OH is 1. The van der Waals surface area contributed by atoms with E-state index < -0.39 is 5.54 Å². The lowest BCUT2D eigenvalue weighted by atomic mass is 9.79. The molecule has 1 aromatic carbocycles. The number of benzene rings is 1. The summed E-state index contributed by atoms with van der Waals surface area (Å²) in [4.78, 5) is 0. The Morgan fingerprint density at radius 2 is 2.22 bits per heavy atom. The molecule has 1 fully saturated rings. The molecule has 1 saturated carbocycles. The first-order valence-corrected chi connectivity index (χ1v) is 6.76. The van der Waals surface area contributed by atoms with Crippen molar-refractivity contribution in [1.29, 1.82) is 0 Å². The lowest BCUT2D eigenvalue weighted by Gasteiger charge is -2.43. The summed E-state index contributed by atoms with van der Waals surface area (Å²) in [6.07, 6.45) is 4.12. The minimum atomic E-state index is -0.419. The van der Waals surface area contributed by atoms with Crippen molar-refractivity contribution >= 4 is 17.3 Å². The molecular weight excluding hydrogens is 250 g/mol. The standard InChI is InChI=1S/C14H20ClNO2/c1-18-13-8-4-5-9-14(13,10-17)16-12-7-3-2-6-11(12)15/h2-3,6-7,13,16-17H,4-5,8-10H2,1H3. The van der Waals surface area contributed by atoms with Crippen LogP contribution in [0.25, 0.3) is 0 Å². The smallest absolute Gasteiger partial charge is 0.0866 e. The Morgan fingerprint density at radius 3 is 2.89 bits per heavy atom. The van der Waals surface area contributed by atoms with Gasteiger partial charge in [-0.05, 0) is 25.0 Å². The van der Waals surface area contributed by atoms with Crippen LogP contribution in [0.2, 0.25) is 5.02 Å². The van der Waals surface area contributed by atoms with Crippen LogP contribution < -0.4 is 5.32 Å². The van der Waals surface area contributed by atoms with E-state index in [4.69, 9.17) is 16.3 Å². The molecular formula is C14H20ClNO2. The Kier molecular flexibility index (Phi) is 4.49. The zero-order valence-electron chi connectivity index (χ0n) is 10.7. The molecule has 2 unspecified atom stereocenters. The Bertz CT molecular complexity index is 399. The highest BCUT2D eigenvalue weighted by atomic mass is 35.5. The second kappa shape index (κ2) is 5.91. The van der Waals surface area contributed by atoms with Crippen molar-refractivity contribution in [2.24, 2.45) is 0 Å². The Labute approximate surface area is 113 Å². The van der Waals surface area contributed by atoms with Gasteiger partial charge >= 0.3 is 0 Å². The summed E-state index contributed by atoms with van der Waals surface area (Å²) in [5, 5.41) is 13.9.